The van der Waals surface area contributed by atoms with Crippen LogP contribution in [0.4, 0.5) is 0 Å². The Balaban J connectivity index is 1.44. The van der Waals surface area contributed by atoms with Crippen molar-refractivity contribution in [3.63, 3.8) is 0 Å². The van der Waals surface area contributed by atoms with E-state index >= 15 is 0 Å². The quantitative estimate of drug-likeness (QED) is 0.785. The van der Waals surface area contributed by atoms with Crippen molar-refractivity contribution in [2.75, 3.05) is 13.1 Å². The van der Waals surface area contributed by atoms with E-state index in [4.69, 9.17) is 0 Å². The first kappa shape index (κ1) is 13.1. The van der Waals surface area contributed by atoms with Gasteiger partial charge in [-0.25, -0.2) is 0 Å². The van der Waals surface area contributed by atoms with Gasteiger partial charge in [-0.05, 0) is 22.8 Å². The highest BCUT2D eigenvalue weighted by Gasteiger charge is 2.07. The summed E-state index contributed by atoms with van der Waals surface area (Å²) in [5.74, 6) is 1.03. The Morgan fingerprint density at radius 1 is 0.955 bits per heavy atom. The second kappa shape index (κ2) is 5.68. The average Bonchev–Trinajstić information content (AvgIpc) is 3.22. The molecule has 3 heteroatoms. The van der Waals surface area contributed by atoms with Crippen LogP contribution < -0.4 is 5.32 Å². The summed E-state index contributed by atoms with van der Waals surface area (Å²) in [6, 6.07) is 17.3. The predicted octanol–water partition coefficient (Wildman–Crippen LogP) is 3.23. The van der Waals surface area contributed by atoms with Gasteiger partial charge in [0.05, 0.1) is 6.54 Å². The minimum absolute atomic E-state index is 0.887. The van der Waals surface area contributed by atoms with E-state index in [1.165, 1.54) is 21.9 Å². The molecule has 0 saturated heterocycles. The van der Waals surface area contributed by atoms with Crippen molar-refractivity contribution < 1.29 is 0 Å². The van der Waals surface area contributed by atoms with Gasteiger partial charge in [-0.2, -0.15) is 0 Å². The van der Waals surface area contributed by atoms with Crippen LogP contribution in [0, 0.1) is 0 Å². The lowest BCUT2D eigenvalue weighted by Gasteiger charge is -2.06. The molecule has 1 N–H and O–H groups in total. The maximum atomic E-state index is 4.45. The van der Waals surface area contributed by atoms with E-state index in [2.05, 4.69) is 75.8 Å². The smallest absolute Gasteiger partial charge is 0.128 e. The molecule has 0 saturated carbocycles. The van der Waals surface area contributed by atoms with E-state index < -0.39 is 0 Å². The van der Waals surface area contributed by atoms with Crippen molar-refractivity contribution in [1.82, 2.24) is 9.88 Å². The first-order chi connectivity index (χ1) is 10.9. The monoisotopic (exact) mass is 289 g/mol. The third-order valence-corrected chi connectivity index (χ3v) is 4.17. The van der Waals surface area contributed by atoms with Gasteiger partial charge in [-0.1, -0.05) is 48.5 Å². The third kappa shape index (κ3) is 2.62. The van der Waals surface area contributed by atoms with Crippen LogP contribution in [0.1, 0.15) is 11.1 Å². The van der Waals surface area contributed by atoms with Crippen LogP contribution in [0.2, 0.25) is 0 Å². The van der Waals surface area contributed by atoms with Gasteiger partial charge in [0.2, 0.25) is 0 Å². The van der Waals surface area contributed by atoms with Gasteiger partial charge in [0.25, 0.3) is 0 Å². The third-order valence-electron chi connectivity index (χ3n) is 4.17. The molecule has 0 radical (unpaired) electrons. The molecule has 22 heavy (non-hydrogen) atoms. The summed E-state index contributed by atoms with van der Waals surface area (Å²) < 4.78 is 2.28. The first-order valence-corrected chi connectivity index (χ1v) is 7.81. The van der Waals surface area contributed by atoms with Crippen molar-refractivity contribution in [3.05, 3.63) is 72.1 Å². The average molecular weight is 289 g/mol. The van der Waals surface area contributed by atoms with E-state index in [0.29, 0.717) is 0 Å². The van der Waals surface area contributed by atoms with Crippen molar-refractivity contribution in [3.8, 4) is 0 Å². The number of nitrogens with zero attached hydrogens (tertiary/aromatic N) is 2. The van der Waals surface area contributed by atoms with Gasteiger partial charge < -0.3 is 9.88 Å². The fraction of sp³-hybridized carbons (Fsp3) is 0.211. The van der Waals surface area contributed by atoms with Crippen LogP contribution in [0.5, 0.6) is 0 Å². The van der Waals surface area contributed by atoms with Gasteiger partial charge in [-0.3, -0.25) is 4.99 Å². The Labute approximate surface area is 130 Å². The van der Waals surface area contributed by atoms with Crippen LogP contribution in [0.3, 0.4) is 0 Å². The highest BCUT2D eigenvalue weighted by Crippen LogP contribution is 2.15. The van der Waals surface area contributed by atoms with Crippen molar-refractivity contribution in [2.24, 2.45) is 4.99 Å². The zero-order chi connectivity index (χ0) is 14.8. The van der Waals surface area contributed by atoms with Gasteiger partial charge >= 0.3 is 0 Å². The number of hydrogen-bond donors (Lipinski definition) is 1. The Morgan fingerprint density at radius 2 is 1.68 bits per heavy atom. The van der Waals surface area contributed by atoms with E-state index in [1.807, 2.05) is 0 Å². The molecular formula is C19H19N3. The molecule has 0 spiro atoms. The summed E-state index contributed by atoms with van der Waals surface area (Å²) >= 11 is 0. The Kier molecular flexibility index (Phi) is 3.39. The van der Waals surface area contributed by atoms with E-state index in [-0.39, 0.29) is 0 Å². The summed E-state index contributed by atoms with van der Waals surface area (Å²) in [4.78, 5) is 4.45. The molecular weight excluding hydrogens is 270 g/mol. The van der Waals surface area contributed by atoms with Gasteiger partial charge in [0.15, 0.2) is 0 Å². The highest BCUT2D eigenvalue weighted by molar-refractivity contribution is 5.99. The molecule has 110 valence electrons. The number of nitrogens with one attached hydrogen (secondary N) is 1. The molecule has 1 aromatic heterocycles. The molecule has 0 fully saturated rings. The summed E-state index contributed by atoms with van der Waals surface area (Å²) in [5, 5.41) is 5.93. The number of hydrogen-bond acceptors (Lipinski definition) is 2. The Hall–Kier alpha value is -2.55. The zero-order valence-electron chi connectivity index (χ0n) is 12.5. The standard InChI is InChI=1S/C19H19N3/c1-2-4-18-14-22(13-17(18)3-1)12-9-15-5-7-16(8-6-15)19-20-10-11-21-19/h1-8,13-14H,9-12H2,(H,20,21). The lowest BCUT2D eigenvalue weighted by atomic mass is 10.1. The van der Waals surface area contributed by atoms with Crippen molar-refractivity contribution >= 4 is 16.6 Å². The van der Waals surface area contributed by atoms with Crippen LogP contribution in [0.25, 0.3) is 10.8 Å². The molecule has 1 aliphatic heterocycles. The Morgan fingerprint density at radius 3 is 2.32 bits per heavy atom. The maximum Gasteiger partial charge on any atom is 0.128 e. The number of benzene rings is 2. The number of amidine groups is 1. The number of fused-ring (bicyclic) bond motifs is 1. The highest BCUT2D eigenvalue weighted by atomic mass is 15.1. The predicted molar refractivity (Wildman–Crippen MR) is 91.5 cm³/mol. The molecule has 3 aromatic rings. The number of aliphatic imine (C=N–C) groups is 1. The summed E-state index contributed by atoms with van der Waals surface area (Å²) in [7, 11) is 0. The fourth-order valence-electron chi connectivity index (χ4n) is 2.95. The summed E-state index contributed by atoms with van der Waals surface area (Å²) in [6.07, 6.45) is 5.49. The number of aryl methyl sites for hydroxylation is 2. The molecule has 2 heterocycles. The molecule has 2 aromatic carbocycles. The number of aromatic nitrogens is 1. The minimum Gasteiger partial charge on any atom is -0.368 e. The first-order valence-electron chi connectivity index (χ1n) is 7.81. The minimum atomic E-state index is 0.887. The molecule has 4 rings (SSSR count). The van der Waals surface area contributed by atoms with Gasteiger partial charge in [0.1, 0.15) is 5.84 Å². The molecule has 0 unspecified atom stereocenters. The normalized spacial score (nSPS) is 14.1. The zero-order valence-corrected chi connectivity index (χ0v) is 12.5. The van der Waals surface area contributed by atoms with Crippen molar-refractivity contribution in [1.29, 1.82) is 0 Å². The maximum absolute atomic E-state index is 4.45. The molecule has 3 nitrogen and oxygen atoms in total. The molecule has 0 atom stereocenters. The van der Waals surface area contributed by atoms with Crippen LogP contribution in [-0.4, -0.2) is 23.5 Å². The molecule has 0 aliphatic carbocycles. The van der Waals surface area contributed by atoms with E-state index in [1.54, 1.807) is 0 Å². The number of rotatable bonds is 4. The van der Waals surface area contributed by atoms with Gasteiger partial charge in [-0.15, -0.1) is 0 Å². The second-order valence-electron chi connectivity index (χ2n) is 5.73. The van der Waals surface area contributed by atoms with Crippen LogP contribution in [0.15, 0.2) is 65.9 Å². The molecule has 1 aliphatic rings. The fourth-order valence-corrected chi connectivity index (χ4v) is 2.95. The van der Waals surface area contributed by atoms with Crippen LogP contribution in [-0.2, 0) is 13.0 Å². The summed E-state index contributed by atoms with van der Waals surface area (Å²) in [6.45, 7) is 2.85. The lowest BCUT2D eigenvalue weighted by molar-refractivity contribution is 0.704. The van der Waals surface area contributed by atoms with E-state index in [9.17, 15) is 0 Å². The topological polar surface area (TPSA) is 29.3 Å². The largest absolute Gasteiger partial charge is 0.368 e. The van der Waals surface area contributed by atoms with Crippen molar-refractivity contribution in [2.45, 2.75) is 13.0 Å². The second-order valence-corrected chi connectivity index (χ2v) is 5.73. The molecule has 0 bridgehead atoms. The summed E-state index contributed by atoms with van der Waals surface area (Å²) in [5.41, 5.74) is 2.55. The Bertz CT molecular complexity index is 779. The van der Waals surface area contributed by atoms with Gasteiger partial charge in [0, 0.05) is 31.0 Å². The van der Waals surface area contributed by atoms with Crippen LogP contribution >= 0.6 is 0 Å². The van der Waals surface area contributed by atoms with E-state index in [0.717, 1.165) is 31.9 Å². The lowest BCUT2D eigenvalue weighted by Crippen LogP contribution is -2.19. The SMILES string of the molecule is c1ccc2cn(CCc3ccc(C4=NCCN4)cc3)cc2c1. The molecule has 0 amide bonds.